The highest BCUT2D eigenvalue weighted by molar-refractivity contribution is 6.38. The van der Waals surface area contributed by atoms with Crippen molar-refractivity contribution >= 4 is 23.7 Å². The van der Waals surface area contributed by atoms with E-state index in [1.54, 1.807) is 26.4 Å². The average molecular weight is 456 g/mol. The van der Waals surface area contributed by atoms with Crippen LogP contribution < -0.4 is 16.0 Å². The minimum atomic E-state index is -1.03. The summed E-state index contributed by atoms with van der Waals surface area (Å²) in [5, 5.41) is 7.79. The third-order valence-corrected chi connectivity index (χ3v) is 5.42. The third kappa shape index (κ3) is 6.64. The topological polar surface area (TPSA) is 131 Å². The summed E-state index contributed by atoms with van der Waals surface area (Å²) in [6.45, 7) is 4.30. The molecule has 1 aliphatic rings. The number of hydrogen-bond acceptors (Lipinski definition) is 6. The first-order valence-electron chi connectivity index (χ1n) is 10.9. The lowest BCUT2D eigenvalue weighted by Crippen LogP contribution is -2.56. The summed E-state index contributed by atoms with van der Waals surface area (Å²) in [5.74, 6) is -2.31. The minimum absolute atomic E-state index is 0.0631. The van der Waals surface area contributed by atoms with E-state index < -0.39 is 35.8 Å². The van der Waals surface area contributed by atoms with Gasteiger partial charge in [-0.25, -0.2) is 9.78 Å². The Kier molecular flexibility index (Phi) is 8.17. The van der Waals surface area contributed by atoms with E-state index in [2.05, 4.69) is 20.9 Å². The van der Waals surface area contributed by atoms with Crippen LogP contribution in [0.3, 0.4) is 0 Å². The fraction of sp³-hybridized carbons (Fsp3) is 0.435. The highest BCUT2D eigenvalue weighted by Crippen LogP contribution is 2.09. The quantitative estimate of drug-likeness (QED) is 0.556. The minimum Gasteiger partial charge on any atom is -0.445 e. The van der Waals surface area contributed by atoms with Gasteiger partial charge in [-0.1, -0.05) is 44.2 Å². The van der Waals surface area contributed by atoms with Crippen LogP contribution in [0.1, 0.15) is 31.5 Å². The smallest absolute Gasteiger partial charge is 0.408 e. The molecule has 1 aromatic carbocycles. The van der Waals surface area contributed by atoms with Crippen molar-refractivity contribution in [3.63, 3.8) is 0 Å². The number of imidazole rings is 1. The molecule has 0 saturated carbocycles. The lowest BCUT2D eigenvalue weighted by Gasteiger charge is -2.25. The van der Waals surface area contributed by atoms with E-state index in [0.29, 0.717) is 19.5 Å². The van der Waals surface area contributed by atoms with Crippen LogP contribution in [0.4, 0.5) is 4.79 Å². The van der Waals surface area contributed by atoms with Crippen molar-refractivity contribution in [1.82, 2.24) is 25.5 Å². The van der Waals surface area contributed by atoms with Gasteiger partial charge in [0.1, 0.15) is 12.6 Å². The Labute approximate surface area is 192 Å². The number of aromatic nitrogens is 2. The zero-order valence-electron chi connectivity index (χ0n) is 18.7. The fourth-order valence-electron chi connectivity index (χ4n) is 3.53. The van der Waals surface area contributed by atoms with Crippen LogP contribution in [0.2, 0.25) is 0 Å². The third-order valence-electron chi connectivity index (χ3n) is 5.42. The monoisotopic (exact) mass is 455 g/mol. The Morgan fingerprint density at radius 3 is 2.73 bits per heavy atom. The second kappa shape index (κ2) is 11.3. The SMILES string of the molecule is CC(C)C(NC(=O)OCc1ccccc1)C(=O)NC1CCn2cncc2CCNC(=O)C1=O. The summed E-state index contributed by atoms with van der Waals surface area (Å²) >= 11 is 0. The molecule has 0 fully saturated rings. The van der Waals surface area contributed by atoms with Gasteiger partial charge in [0.15, 0.2) is 0 Å². The molecule has 3 rings (SSSR count). The molecule has 0 aliphatic carbocycles. The second-order valence-electron chi connectivity index (χ2n) is 8.23. The van der Waals surface area contributed by atoms with Crippen LogP contribution in [-0.4, -0.2) is 51.9 Å². The number of amides is 3. The molecule has 176 valence electrons. The molecule has 10 nitrogen and oxygen atoms in total. The molecule has 1 aliphatic heterocycles. The predicted octanol–water partition coefficient (Wildman–Crippen LogP) is 0.950. The number of Topliss-reactive ketones (excluding diaryl/α,β-unsaturated/α-hetero) is 1. The summed E-state index contributed by atoms with van der Waals surface area (Å²) in [6.07, 6.45) is 3.39. The Balaban J connectivity index is 1.64. The summed E-state index contributed by atoms with van der Waals surface area (Å²) in [6, 6.07) is 7.19. The normalized spacial score (nSPS) is 17.5. The Morgan fingerprint density at radius 1 is 1.24 bits per heavy atom. The molecule has 0 bridgehead atoms. The summed E-state index contributed by atoms with van der Waals surface area (Å²) < 4.78 is 7.10. The zero-order valence-corrected chi connectivity index (χ0v) is 18.7. The maximum absolute atomic E-state index is 13.0. The Bertz CT molecular complexity index is 988. The van der Waals surface area contributed by atoms with Gasteiger partial charge in [-0.3, -0.25) is 14.4 Å². The number of ether oxygens (including phenoxy) is 1. The van der Waals surface area contributed by atoms with Gasteiger partial charge in [0.25, 0.3) is 5.91 Å². The van der Waals surface area contributed by atoms with Gasteiger partial charge >= 0.3 is 6.09 Å². The van der Waals surface area contributed by atoms with Gasteiger partial charge in [0.2, 0.25) is 11.7 Å². The van der Waals surface area contributed by atoms with E-state index in [1.165, 1.54) is 0 Å². The maximum atomic E-state index is 13.0. The molecule has 2 atom stereocenters. The van der Waals surface area contributed by atoms with Crippen molar-refractivity contribution < 1.29 is 23.9 Å². The molecule has 0 radical (unpaired) electrons. The number of carbonyl (C=O) groups excluding carboxylic acids is 4. The van der Waals surface area contributed by atoms with Gasteiger partial charge in [0.05, 0.1) is 12.4 Å². The lowest BCUT2D eigenvalue weighted by molar-refractivity contribution is -0.140. The van der Waals surface area contributed by atoms with Gasteiger partial charge in [-0.05, 0) is 17.9 Å². The molecule has 2 heterocycles. The Hall–Kier alpha value is -3.69. The zero-order chi connectivity index (χ0) is 23.8. The number of rotatable bonds is 6. The average Bonchev–Trinajstić information content (AvgIpc) is 3.25. The van der Waals surface area contributed by atoms with E-state index in [-0.39, 0.29) is 18.9 Å². The summed E-state index contributed by atoms with van der Waals surface area (Å²) in [7, 11) is 0. The predicted molar refractivity (Wildman–Crippen MR) is 119 cm³/mol. The van der Waals surface area contributed by atoms with Crippen molar-refractivity contribution in [3.05, 3.63) is 54.1 Å². The number of fused-ring (bicyclic) bond motifs is 1. The van der Waals surface area contributed by atoms with Crippen molar-refractivity contribution in [2.45, 2.75) is 51.9 Å². The molecular formula is C23H29N5O5. The van der Waals surface area contributed by atoms with E-state index in [0.717, 1.165) is 11.3 Å². The molecular weight excluding hydrogens is 426 g/mol. The molecule has 2 unspecified atom stereocenters. The van der Waals surface area contributed by atoms with Gasteiger partial charge in [-0.2, -0.15) is 0 Å². The van der Waals surface area contributed by atoms with Crippen LogP contribution in [0.5, 0.6) is 0 Å². The van der Waals surface area contributed by atoms with Crippen LogP contribution >= 0.6 is 0 Å². The van der Waals surface area contributed by atoms with E-state index in [1.807, 2.05) is 34.9 Å². The second-order valence-corrected chi connectivity index (χ2v) is 8.23. The van der Waals surface area contributed by atoms with Gasteiger partial charge < -0.3 is 25.3 Å². The van der Waals surface area contributed by atoms with Crippen molar-refractivity contribution in [2.24, 2.45) is 5.92 Å². The molecule has 33 heavy (non-hydrogen) atoms. The van der Waals surface area contributed by atoms with Crippen LogP contribution in [-0.2, 0) is 38.7 Å². The number of nitrogens with one attached hydrogen (secondary N) is 3. The number of aryl methyl sites for hydroxylation is 1. The van der Waals surface area contributed by atoms with E-state index in [9.17, 15) is 19.2 Å². The first-order chi connectivity index (χ1) is 15.8. The number of benzene rings is 1. The molecule has 3 amide bonds. The highest BCUT2D eigenvalue weighted by Gasteiger charge is 2.32. The highest BCUT2D eigenvalue weighted by atomic mass is 16.5. The standard InChI is InChI=1S/C23H29N5O5/c1-15(2)19(27-23(32)33-13-16-6-4-3-5-7-16)21(30)26-18-9-11-28-14-24-12-17(28)8-10-25-22(31)20(18)29/h3-7,12,14-15,18-19H,8-11,13H2,1-2H3,(H,25,31)(H,26,30)(H,27,32). The van der Waals surface area contributed by atoms with E-state index >= 15 is 0 Å². The first kappa shape index (κ1) is 24.0. The summed E-state index contributed by atoms with van der Waals surface area (Å²) in [4.78, 5) is 54.3. The van der Waals surface area contributed by atoms with Crippen molar-refractivity contribution in [3.8, 4) is 0 Å². The van der Waals surface area contributed by atoms with Crippen LogP contribution in [0, 0.1) is 5.92 Å². The summed E-state index contributed by atoms with van der Waals surface area (Å²) in [5.41, 5.74) is 1.74. The first-order valence-corrected chi connectivity index (χ1v) is 10.9. The molecule has 3 N–H and O–H groups in total. The number of hydrogen-bond donors (Lipinski definition) is 3. The maximum Gasteiger partial charge on any atom is 0.408 e. The van der Waals surface area contributed by atoms with Gasteiger partial charge in [0, 0.05) is 31.4 Å². The molecule has 10 heteroatoms. The molecule has 2 aromatic rings. The number of carbonyl (C=O) groups is 4. The molecule has 1 aromatic heterocycles. The number of nitrogens with zero attached hydrogens (tertiary/aromatic N) is 2. The van der Waals surface area contributed by atoms with Crippen molar-refractivity contribution in [2.75, 3.05) is 6.54 Å². The molecule has 0 saturated heterocycles. The largest absolute Gasteiger partial charge is 0.445 e. The van der Waals surface area contributed by atoms with E-state index in [4.69, 9.17) is 4.74 Å². The van der Waals surface area contributed by atoms with Crippen molar-refractivity contribution in [1.29, 1.82) is 0 Å². The Morgan fingerprint density at radius 2 is 2.00 bits per heavy atom. The lowest BCUT2D eigenvalue weighted by atomic mass is 10.0. The van der Waals surface area contributed by atoms with Gasteiger partial charge in [-0.15, -0.1) is 0 Å². The van der Waals surface area contributed by atoms with Crippen LogP contribution in [0.25, 0.3) is 0 Å². The fourth-order valence-corrected chi connectivity index (χ4v) is 3.53. The number of ketones is 1. The molecule has 0 spiro atoms. The number of alkyl carbamates (subject to hydrolysis) is 1. The van der Waals surface area contributed by atoms with Crippen LogP contribution in [0.15, 0.2) is 42.9 Å².